The van der Waals surface area contributed by atoms with E-state index >= 15 is 0 Å². The second-order valence-corrected chi connectivity index (χ2v) is 5.57. The van der Waals surface area contributed by atoms with Crippen LogP contribution in [0.5, 0.6) is 0 Å². The van der Waals surface area contributed by atoms with Crippen molar-refractivity contribution in [2.24, 2.45) is 0 Å². The van der Waals surface area contributed by atoms with E-state index in [9.17, 15) is 0 Å². The number of aryl methyl sites for hydroxylation is 2. The van der Waals surface area contributed by atoms with E-state index < -0.39 is 0 Å². The minimum absolute atomic E-state index is 0.550. The number of rotatable bonds is 6. The highest BCUT2D eigenvalue weighted by Gasteiger charge is 1.90. The number of nitrogens with zero attached hydrogens (tertiary/aromatic N) is 1. The summed E-state index contributed by atoms with van der Waals surface area (Å²) in [6.07, 6.45) is 0.550. The molecule has 0 aromatic heterocycles. The molecule has 0 fully saturated rings. The zero-order valence-corrected chi connectivity index (χ0v) is 14.5. The van der Waals surface area contributed by atoms with Crippen LogP contribution in [0, 0.1) is 25.2 Å². The average Bonchev–Trinajstić information content (AvgIpc) is 2.54. The van der Waals surface area contributed by atoms with Crippen LogP contribution >= 0.6 is 11.6 Å². The quantitative estimate of drug-likeness (QED) is 0.581. The summed E-state index contributed by atoms with van der Waals surface area (Å²) in [4.78, 5) is 0. The Hall–Kier alpha value is -2.18. The van der Waals surface area contributed by atoms with Gasteiger partial charge in [0.25, 0.3) is 0 Å². The van der Waals surface area contributed by atoms with E-state index in [0.29, 0.717) is 12.3 Å². The molecule has 3 nitrogen and oxygen atoms in total. The van der Waals surface area contributed by atoms with Gasteiger partial charge in [0.1, 0.15) is 0 Å². The number of nitrogens with one attached hydrogen (secondary N) is 2. The predicted octanol–water partition coefficient (Wildman–Crippen LogP) is 4.97. The molecule has 0 atom stereocenters. The predicted molar refractivity (Wildman–Crippen MR) is 100 cm³/mol. The summed E-state index contributed by atoms with van der Waals surface area (Å²) >= 11 is 5.53. The van der Waals surface area contributed by atoms with Crippen LogP contribution in [-0.4, -0.2) is 19.0 Å². The SMILES string of the molecule is Cc1cccc(NCCC#N)c1.Cc1cccc(NCCCl)c1. The van der Waals surface area contributed by atoms with Gasteiger partial charge >= 0.3 is 0 Å². The minimum atomic E-state index is 0.550. The van der Waals surface area contributed by atoms with E-state index in [0.717, 1.165) is 24.5 Å². The first-order valence-electron chi connectivity index (χ1n) is 7.69. The molecular formula is C19H24ClN3. The van der Waals surface area contributed by atoms with Crippen molar-refractivity contribution in [3.05, 3.63) is 59.7 Å². The van der Waals surface area contributed by atoms with Crippen molar-refractivity contribution in [3.8, 4) is 6.07 Å². The molecule has 2 rings (SSSR count). The van der Waals surface area contributed by atoms with Gasteiger partial charge in [-0.15, -0.1) is 11.6 Å². The molecule has 0 radical (unpaired) electrons. The van der Waals surface area contributed by atoms with E-state index in [1.165, 1.54) is 11.1 Å². The van der Waals surface area contributed by atoms with Gasteiger partial charge in [0.05, 0.1) is 12.5 Å². The molecule has 2 aromatic rings. The molecule has 0 saturated heterocycles. The fourth-order valence-corrected chi connectivity index (χ4v) is 2.06. The number of alkyl halides is 1. The zero-order valence-electron chi connectivity index (χ0n) is 13.8. The van der Waals surface area contributed by atoms with Crippen LogP contribution in [0.15, 0.2) is 48.5 Å². The lowest BCUT2D eigenvalue weighted by atomic mass is 10.2. The van der Waals surface area contributed by atoms with Crippen LogP contribution in [-0.2, 0) is 0 Å². The molecule has 0 bridgehead atoms. The van der Waals surface area contributed by atoms with Gasteiger partial charge in [-0.3, -0.25) is 0 Å². The Morgan fingerprint density at radius 3 is 1.87 bits per heavy atom. The summed E-state index contributed by atoms with van der Waals surface area (Å²) in [5.41, 5.74) is 4.73. The first-order valence-corrected chi connectivity index (χ1v) is 8.23. The van der Waals surface area contributed by atoms with Crippen molar-refractivity contribution in [2.45, 2.75) is 20.3 Å². The number of hydrogen-bond acceptors (Lipinski definition) is 3. The molecule has 0 aliphatic heterocycles. The van der Waals surface area contributed by atoms with Crippen LogP contribution in [0.2, 0.25) is 0 Å². The second-order valence-electron chi connectivity index (χ2n) is 5.19. The smallest absolute Gasteiger partial charge is 0.0640 e. The first-order chi connectivity index (χ1) is 11.2. The third-order valence-corrected chi connectivity index (χ3v) is 3.21. The number of nitriles is 1. The fourth-order valence-electron chi connectivity index (χ4n) is 1.96. The third-order valence-electron chi connectivity index (χ3n) is 3.03. The lowest BCUT2D eigenvalue weighted by Gasteiger charge is -2.03. The lowest BCUT2D eigenvalue weighted by molar-refractivity contribution is 1.07. The van der Waals surface area contributed by atoms with Crippen molar-refractivity contribution in [1.82, 2.24) is 0 Å². The number of halogens is 1. The Balaban J connectivity index is 0.000000231. The molecule has 0 amide bonds. The number of hydrogen-bond donors (Lipinski definition) is 2. The molecule has 2 aromatic carbocycles. The molecule has 122 valence electrons. The van der Waals surface area contributed by atoms with Gasteiger partial charge in [0, 0.05) is 30.3 Å². The number of anilines is 2. The summed E-state index contributed by atoms with van der Waals surface area (Å²) in [6.45, 7) is 5.67. The Morgan fingerprint density at radius 2 is 1.43 bits per heavy atom. The maximum atomic E-state index is 8.31. The van der Waals surface area contributed by atoms with E-state index in [-0.39, 0.29) is 0 Å². The maximum absolute atomic E-state index is 8.31. The van der Waals surface area contributed by atoms with Gasteiger partial charge < -0.3 is 10.6 Å². The van der Waals surface area contributed by atoms with Crippen LogP contribution in [0.3, 0.4) is 0 Å². The lowest BCUT2D eigenvalue weighted by Crippen LogP contribution is -2.01. The standard InChI is InChI=1S/C10H12N2.C9H12ClN/c1-9-4-2-5-10(8-9)12-7-3-6-11;1-8-3-2-4-9(7-8)11-6-5-10/h2,4-5,8,12H,3,7H2,1H3;2-4,7,11H,5-6H2,1H3. The summed E-state index contributed by atoms with van der Waals surface area (Å²) in [7, 11) is 0. The van der Waals surface area contributed by atoms with E-state index in [1.54, 1.807) is 0 Å². The molecule has 0 unspecified atom stereocenters. The summed E-state index contributed by atoms with van der Waals surface area (Å²) in [6, 6.07) is 18.5. The van der Waals surface area contributed by atoms with Crippen LogP contribution in [0.4, 0.5) is 11.4 Å². The third kappa shape index (κ3) is 8.75. The molecule has 0 aliphatic rings. The van der Waals surface area contributed by atoms with Gasteiger partial charge in [0.2, 0.25) is 0 Å². The van der Waals surface area contributed by atoms with Gasteiger partial charge in [0.15, 0.2) is 0 Å². The Kier molecular flexibility index (Phi) is 9.35. The molecule has 0 aliphatic carbocycles. The molecule has 23 heavy (non-hydrogen) atoms. The average molecular weight is 330 g/mol. The number of benzene rings is 2. The van der Waals surface area contributed by atoms with Crippen molar-refractivity contribution in [3.63, 3.8) is 0 Å². The molecule has 0 saturated carbocycles. The molecular weight excluding hydrogens is 306 g/mol. The highest BCUT2D eigenvalue weighted by atomic mass is 35.5. The van der Waals surface area contributed by atoms with Gasteiger partial charge in [-0.05, 0) is 49.2 Å². The Bertz CT molecular complexity index is 620. The summed E-state index contributed by atoms with van der Waals surface area (Å²) < 4.78 is 0. The highest BCUT2D eigenvalue weighted by Crippen LogP contribution is 2.09. The van der Waals surface area contributed by atoms with Gasteiger partial charge in [-0.25, -0.2) is 0 Å². The second kappa shape index (κ2) is 11.4. The van der Waals surface area contributed by atoms with Gasteiger partial charge in [-0.1, -0.05) is 24.3 Å². The highest BCUT2D eigenvalue weighted by molar-refractivity contribution is 6.18. The normalized spacial score (nSPS) is 9.30. The van der Waals surface area contributed by atoms with Crippen molar-refractivity contribution < 1.29 is 0 Å². The van der Waals surface area contributed by atoms with Crippen molar-refractivity contribution in [2.75, 3.05) is 29.6 Å². The van der Waals surface area contributed by atoms with Crippen molar-refractivity contribution in [1.29, 1.82) is 5.26 Å². The topological polar surface area (TPSA) is 47.9 Å². The Labute approximate surface area is 144 Å². The fraction of sp³-hybridized carbons (Fsp3) is 0.316. The van der Waals surface area contributed by atoms with Crippen LogP contribution < -0.4 is 10.6 Å². The van der Waals surface area contributed by atoms with Crippen LogP contribution in [0.1, 0.15) is 17.5 Å². The Morgan fingerprint density at radius 1 is 0.913 bits per heavy atom. The molecule has 2 N–H and O–H groups in total. The minimum Gasteiger partial charge on any atom is -0.384 e. The molecule has 0 spiro atoms. The van der Waals surface area contributed by atoms with E-state index in [2.05, 4.69) is 54.8 Å². The van der Waals surface area contributed by atoms with E-state index in [1.807, 2.05) is 24.3 Å². The van der Waals surface area contributed by atoms with E-state index in [4.69, 9.17) is 16.9 Å². The monoisotopic (exact) mass is 329 g/mol. The molecule has 4 heteroatoms. The van der Waals surface area contributed by atoms with Gasteiger partial charge in [-0.2, -0.15) is 5.26 Å². The molecule has 0 heterocycles. The first kappa shape index (κ1) is 18.9. The summed E-state index contributed by atoms with van der Waals surface area (Å²) in [5, 5.41) is 14.7. The summed E-state index contributed by atoms with van der Waals surface area (Å²) in [5.74, 6) is 0.647. The van der Waals surface area contributed by atoms with Crippen LogP contribution in [0.25, 0.3) is 0 Å². The van der Waals surface area contributed by atoms with Crippen molar-refractivity contribution >= 4 is 23.0 Å². The largest absolute Gasteiger partial charge is 0.384 e. The maximum Gasteiger partial charge on any atom is 0.0640 e. The zero-order chi connectivity index (χ0) is 16.9.